The average Bonchev–Trinajstić information content (AvgIpc) is 3.20. The van der Waals surface area contributed by atoms with E-state index in [1.54, 1.807) is 0 Å². The minimum atomic E-state index is -0.128. The summed E-state index contributed by atoms with van der Waals surface area (Å²) in [4.78, 5) is 29.2. The summed E-state index contributed by atoms with van der Waals surface area (Å²) in [5.74, 6) is 0.224. The molecule has 1 aliphatic carbocycles. The van der Waals surface area contributed by atoms with Gasteiger partial charge in [-0.1, -0.05) is 31.9 Å². The van der Waals surface area contributed by atoms with Gasteiger partial charge in [0.1, 0.15) is 0 Å². The molecular formula is C21H31N3O2. The Balaban J connectivity index is 1.49. The van der Waals surface area contributed by atoms with Crippen molar-refractivity contribution in [1.29, 1.82) is 0 Å². The second-order valence-corrected chi connectivity index (χ2v) is 7.54. The number of rotatable bonds is 5. The highest BCUT2D eigenvalue weighted by atomic mass is 16.2. The van der Waals surface area contributed by atoms with E-state index in [9.17, 15) is 9.59 Å². The molecule has 0 bridgehead atoms. The maximum atomic E-state index is 12.7. The average molecular weight is 357 g/mol. The molecule has 142 valence electrons. The summed E-state index contributed by atoms with van der Waals surface area (Å²) in [5, 5.41) is 3.19. The number of piperazine rings is 1. The van der Waals surface area contributed by atoms with Crippen LogP contribution in [-0.2, 0) is 11.2 Å². The van der Waals surface area contributed by atoms with Crippen molar-refractivity contribution in [2.75, 3.05) is 26.2 Å². The number of nitrogens with one attached hydrogen (secondary N) is 1. The van der Waals surface area contributed by atoms with Crippen molar-refractivity contribution in [2.45, 2.75) is 58.0 Å². The molecule has 1 aromatic carbocycles. The molecule has 1 saturated heterocycles. The Hall–Kier alpha value is -1.88. The van der Waals surface area contributed by atoms with Crippen LogP contribution < -0.4 is 5.32 Å². The molecule has 0 aromatic heterocycles. The highest BCUT2D eigenvalue weighted by Crippen LogP contribution is 2.18. The number of hydrogen-bond acceptors (Lipinski definition) is 3. The van der Waals surface area contributed by atoms with E-state index in [0.29, 0.717) is 19.1 Å². The molecule has 3 rings (SSSR count). The van der Waals surface area contributed by atoms with Crippen LogP contribution in [0.1, 0.15) is 55.5 Å². The Morgan fingerprint density at radius 1 is 1.08 bits per heavy atom. The zero-order chi connectivity index (χ0) is 18.5. The van der Waals surface area contributed by atoms with E-state index in [0.717, 1.165) is 37.9 Å². The molecule has 1 saturated carbocycles. The van der Waals surface area contributed by atoms with Gasteiger partial charge in [-0.2, -0.15) is 0 Å². The Kier molecular flexibility index (Phi) is 6.30. The molecule has 0 radical (unpaired) electrons. The third-order valence-electron chi connectivity index (χ3n) is 5.84. The van der Waals surface area contributed by atoms with Crippen LogP contribution in [0.3, 0.4) is 0 Å². The van der Waals surface area contributed by atoms with Crippen molar-refractivity contribution in [3.63, 3.8) is 0 Å². The third kappa shape index (κ3) is 4.44. The van der Waals surface area contributed by atoms with E-state index < -0.39 is 0 Å². The first-order valence-corrected chi connectivity index (χ1v) is 10.0. The number of carbonyl (C=O) groups is 2. The fourth-order valence-electron chi connectivity index (χ4n) is 3.94. The van der Waals surface area contributed by atoms with Crippen molar-refractivity contribution >= 4 is 11.8 Å². The fraction of sp³-hybridized carbons (Fsp3) is 0.619. The number of hydrogen-bond donors (Lipinski definition) is 1. The quantitative estimate of drug-likeness (QED) is 0.881. The first kappa shape index (κ1) is 18.9. The smallest absolute Gasteiger partial charge is 0.253 e. The van der Waals surface area contributed by atoms with E-state index in [-0.39, 0.29) is 17.9 Å². The van der Waals surface area contributed by atoms with Gasteiger partial charge < -0.3 is 10.2 Å². The summed E-state index contributed by atoms with van der Waals surface area (Å²) in [7, 11) is 0. The van der Waals surface area contributed by atoms with Gasteiger partial charge in [-0.25, -0.2) is 0 Å². The van der Waals surface area contributed by atoms with Crippen LogP contribution in [0.15, 0.2) is 24.3 Å². The highest BCUT2D eigenvalue weighted by Gasteiger charge is 2.29. The van der Waals surface area contributed by atoms with Crippen molar-refractivity contribution in [3.05, 3.63) is 35.4 Å². The van der Waals surface area contributed by atoms with Gasteiger partial charge in [0.25, 0.3) is 5.91 Å². The van der Waals surface area contributed by atoms with E-state index >= 15 is 0 Å². The van der Waals surface area contributed by atoms with Crippen LogP contribution >= 0.6 is 0 Å². The molecule has 1 aromatic rings. The SMILES string of the molecule is CCc1ccc(C(=O)N2CCN(C(C)C(=O)NC3CCCC3)CC2)cc1. The molecule has 2 fully saturated rings. The second kappa shape index (κ2) is 8.67. The van der Waals surface area contributed by atoms with Crippen molar-refractivity contribution in [1.82, 2.24) is 15.1 Å². The minimum absolute atomic E-state index is 0.0929. The lowest BCUT2D eigenvalue weighted by atomic mass is 10.1. The predicted molar refractivity (Wildman–Crippen MR) is 103 cm³/mol. The first-order valence-electron chi connectivity index (χ1n) is 10.0. The number of carbonyl (C=O) groups excluding carboxylic acids is 2. The Morgan fingerprint density at radius 2 is 1.69 bits per heavy atom. The second-order valence-electron chi connectivity index (χ2n) is 7.54. The van der Waals surface area contributed by atoms with E-state index in [1.807, 2.05) is 36.1 Å². The molecule has 1 N–H and O–H groups in total. The summed E-state index contributed by atoms with van der Waals surface area (Å²) in [6, 6.07) is 8.13. The van der Waals surface area contributed by atoms with E-state index in [4.69, 9.17) is 0 Å². The van der Waals surface area contributed by atoms with Crippen LogP contribution in [0.4, 0.5) is 0 Å². The van der Waals surface area contributed by atoms with Crippen molar-refractivity contribution in [2.24, 2.45) is 0 Å². The lowest BCUT2D eigenvalue weighted by Gasteiger charge is -2.37. The molecular weight excluding hydrogens is 326 g/mol. The molecule has 5 heteroatoms. The summed E-state index contributed by atoms with van der Waals surface area (Å²) in [5.41, 5.74) is 2.00. The first-order chi connectivity index (χ1) is 12.6. The number of nitrogens with zero attached hydrogens (tertiary/aromatic N) is 2. The lowest BCUT2D eigenvalue weighted by Crippen LogP contribution is -2.55. The summed E-state index contributed by atoms with van der Waals surface area (Å²) in [6.07, 6.45) is 5.64. The van der Waals surface area contributed by atoms with Crippen molar-refractivity contribution < 1.29 is 9.59 Å². The number of benzene rings is 1. The molecule has 26 heavy (non-hydrogen) atoms. The van der Waals surface area contributed by atoms with Gasteiger partial charge in [-0.15, -0.1) is 0 Å². The van der Waals surface area contributed by atoms with Crippen LogP contribution in [0, 0.1) is 0 Å². The van der Waals surface area contributed by atoms with Gasteiger partial charge in [0.15, 0.2) is 0 Å². The molecule has 0 spiro atoms. The van der Waals surface area contributed by atoms with Crippen molar-refractivity contribution in [3.8, 4) is 0 Å². The summed E-state index contributed by atoms with van der Waals surface area (Å²) in [6.45, 7) is 6.94. The van der Waals surface area contributed by atoms with Gasteiger partial charge in [0.05, 0.1) is 6.04 Å². The molecule has 1 aliphatic heterocycles. The Morgan fingerprint density at radius 3 is 2.27 bits per heavy atom. The molecule has 1 heterocycles. The fourth-order valence-corrected chi connectivity index (χ4v) is 3.94. The summed E-state index contributed by atoms with van der Waals surface area (Å²) >= 11 is 0. The summed E-state index contributed by atoms with van der Waals surface area (Å²) < 4.78 is 0. The maximum Gasteiger partial charge on any atom is 0.253 e. The largest absolute Gasteiger partial charge is 0.352 e. The predicted octanol–water partition coefficient (Wildman–Crippen LogP) is 2.45. The van der Waals surface area contributed by atoms with Crippen LogP contribution in [0.5, 0.6) is 0 Å². The third-order valence-corrected chi connectivity index (χ3v) is 5.84. The highest BCUT2D eigenvalue weighted by molar-refractivity contribution is 5.94. The van der Waals surface area contributed by atoms with Gasteiger partial charge in [0.2, 0.25) is 5.91 Å². The van der Waals surface area contributed by atoms with Crippen LogP contribution in [0.25, 0.3) is 0 Å². The minimum Gasteiger partial charge on any atom is -0.352 e. The van der Waals surface area contributed by atoms with Gasteiger partial charge >= 0.3 is 0 Å². The normalized spacial score (nSPS) is 20.2. The zero-order valence-corrected chi connectivity index (χ0v) is 16.0. The maximum absolute atomic E-state index is 12.7. The molecule has 5 nitrogen and oxygen atoms in total. The van der Waals surface area contributed by atoms with Gasteiger partial charge in [0, 0.05) is 37.8 Å². The number of amides is 2. The molecule has 1 atom stereocenters. The topological polar surface area (TPSA) is 52.7 Å². The molecule has 1 unspecified atom stereocenters. The monoisotopic (exact) mass is 357 g/mol. The molecule has 2 aliphatic rings. The standard InChI is InChI=1S/C21H31N3O2/c1-3-17-8-10-18(11-9-17)21(26)24-14-12-23(13-15-24)16(2)20(25)22-19-6-4-5-7-19/h8-11,16,19H,3-7,12-15H2,1-2H3,(H,22,25). The van der Waals surface area contributed by atoms with Gasteiger partial charge in [-0.3, -0.25) is 14.5 Å². The van der Waals surface area contributed by atoms with E-state index in [1.165, 1.54) is 18.4 Å². The Labute approximate surface area is 156 Å². The van der Waals surface area contributed by atoms with Crippen LogP contribution in [0.2, 0.25) is 0 Å². The van der Waals surface area contributed by atoms with Crippen LogP contribution in [-0.4, -0.2) is 59.9 Å². The van der Waals surface area contributed by atoms with E-state index in [2.05, 4.69) is 17.1 Å². The lowest BCUT2D eigenvalue weighted by molar-refractivity contribution is -0.127. The Bertz CT molecular complexity index is 615. The number of aryl methyl sites for hydroxylation is 1. The molecule has 2 amide bonds. The van der Waals surface area contributed by atoms with Gasteiger partial charge in [-0.05, 0) is 43.9 Å². The zero-order valence-electron chi connectivity index (χ0n) is 16.0.